The zero-order valence-electron chi connectivity index (χ0n) is 10.5. The van der Waals surface area contributed by atoms with Crippen LogP contribution in [0, 0.1) is 16.7 Å². The zero-order chi connectivity index (χ0) is 12.3. The molecule has 0 saturated carbocycles. The molecule has 0 bridgehead atoms. The van der Waals surface area contributed by atoms with Gasteiger partial charge < -0.3 is 9.64 Å². The maximum atomic E-state index is 12.2. The molecule has 3 atom stereocenters. The van der Waals surface area contributed by atoms with E-state index in [-0.39, 0.29) is 18.1 Å². The third-order valence-electron chi connectivity index (χ3n) is 3.13. The van der Waals surface area contributed by atoms with Crippen molar-refractivity contribution in [1.29, 1.82) is 5.26 Å². The first-order chi connectivity index (χ1) is 7.42. The van der Waals surface area contributed by atoms with E-state index in [9.17, 15) is 4.79 Å². The lowest BCUT2D eigenvalue weighted by Gasteiger charge is -2.38. The molecule has 0 N–H and O–H groups in total. The Kier molecular flexibility index (Phi) is 3.93. The van der Waals surface area contributed by atoms with Crippen LogP contribution in [0.3, 0.4) is 0 Å². The third-order valence-corrected chi connectivity index (χ3v) is 3.13. The molecule has 90 valence electrons. The van der Waals surface area contributed by atoms with Crippen LogP contribution in [0.1, 0.15) is 34.1 Å². The molecule has 0 radical (unpaired) electrons. The monoisotopic (exact) mass is 224 g/mol. The quantitative estimate of drug-likeness (QED) is 0.715. The van der Waals surface area contributed by atoms with Crippen LogP contribution < -0.4 is 0 Å². The Labute approximate surface area is 97.2 Å². The number of carbonyl (C=O) groups is 1. The van der Waals surface area contributed by atoms with E-state index >= 15 is 0 Å². The molecule has 0 spiro atoms. The molecule has 1 aliphatic rings. The topological polar surface area (TPSA) is 53.3 Å². The first-order valence-corrected chi connectivity index (χ1v) is 5.79. The second-order valence-electron chi connectivity index (χ2n) is 4.76. The highest BCUT2D eigenvalue weighted by Gasteiger charge is 2.37. The molecular weight excluding hydrogens is 204 g/mol. The van der Waals surface area contributed by atoms with Gasteiger partial charge in [0.1, 0.15) is 5.41 Å². The van der Waals surface area contributed by atoms with Gasteiger partial charge in [-0.1, -0.05) is 6.92 Å². The van der Waals surface area contributed by atoms with Crippen molar-refractivity contribution < 1.29 is 9.53 Å². The van der Waals surface area contributed by atoms with Crippen LogP contribution in [0.5, 0.6) is 0 Å². The number of hydrogen-bond acceptors (Lipinski definition) is 3. The lowest BCUT2D eigenvalue weighted by Crippen LogP contribution is -2.52. The van der Waals surface area contributed by atoms with Crippen molar-refractivity contribution in [2.24, 2.45) is 5.41 Å². The highest BCUT2D eigenvalue weighted by atomic mass is 16.5. The van der Waals surface area contributed by atoms with Gasteiger partial charge in [0.15, 0.2) is 0 Å². The van der Waals surface area contributed by atoms with Gasteiger partial charge in [-0.05, 0) is 27.2 Å². The van der Waals surface area contributed by atoms with E-state index in [1.807, 2.05) is 20.8 Å². The molecule has 1 rings (SSSR count). The number of amides is 1. The number of nitriles is 1. The molecule has 1 saturated heterocycles. The molecule has 4 nitrogen and oxygen atoms in total. The predicted octanol–water partition coefficient (Wildman–Crippen LogP) is 1.56. The Morgan fingerprint density at radius 1 is 1.50 bits per heavy atom. The SMILES string of the molecule is CCC(C)(C#N)C(=O)N1C[C@@H](C)O[C@@H](C)C1. The average Bonchev–Trinajstić information content (AvgIpc) is 2.25. The van der Waals surface area contributed by atoms with Gasteiger partial charge in [-0.2, -0.15) is 5.26 Å². The average molecular weight is 224 g/mol. The Morgan fingerprint density at radius 3 is 2.38 bits per heavy atom. The summed E-state index contributed by atoms with van der Waals surface area (Å²) in [6.07, 6.45) is 0.641. The zero-order valence-corrected chi connectivity index (χ0v) is 10.5. The van der Waals surface area contributed by atoms with Crippen molar-refractivity contribution in [2.45, 2.75) is 46.3 Å². The Morgan fingerprint density at radius 2 is 2.00 bits per heavy atom. The summed E-state index contributed by atoms with van der Waals surface area (Å²) >= 11 is 0. The first kappa shape index (κ1) is 13.0. The molecule has 16 heavy (non-hydrogen) atoms. The smallest absolute Gasteiger partial charge is 0.242 e. The number of morpholine rings is 1. The lowest BCUT2D eigenvalue weighted by molar-refractivity contribution is -0.150. The molecule has 1 unspecified atom stereocenters. The van der Waals surface area contributed by atoms with Crippen molar-refractivity contribution in [3.05, 3.63) is 0 Å². The molecule has 0 aromatic carbocycles. The molecule has 0 aromatic rings. The van der Waals surface area contributed by atoms with Crippen LogP contribution in [0.15, 0.2) is 0 Å². The van der Waals surface area contributed by atoms with Crippen molar-refractivity contribution in [2.75, 3.05) is 13.1 Å². The maximum Gasteiger partial charge on any atom is 0.242 e. The van der Waals surface area contributed by atoms with Crippen LogP contribution in [0.25, 0.3) is 0 Å². The normalized spacial score (nSPS) is 29.3. The van der Waals surface area contributed by atoms with Gasteiger partial charge in [0.25, 0.3) is 0 Å². The fraction of sp³-hybridized carbons (Fsp3) is 0.833. The van der Waals surface area contributed by atoms with Crippen LogP contribution in [0.2, 0.25) is 0 Å². The minimum Gasteiger partial charge on any atom is -0.372 e. The number of rotatable bonds is 2. The van der Waals surface area contributed by atoms with Crippen molar-refractivity contribution in [3.8, 4) is 6.07 Å². The van der Waals surface area contributed by atoms with Crippen molar-refractivity contribution >= 4 is 5.91 Å². The van der Waals surface area contributed by atoms with Gasteiger partial charge in [0, 0.05) is 13.1 Å². The van der Waals surface area contributed by atoms with Crippen molar-refractivity contribution in [1.82, 2.24) is 4.90 Å². The van der Waals surface area contributed by atoms with Crippen LogP contribution in [-0.2, 0) is 9.53 Å². The molecule has 0 aromatic heterocycles. The minimum absolute atomic E-state index is 0.0486. The summed E-state index contributed by atoms with van der Waals surface area (Å²) in [6, 6.07) is 2.12. The highest BCUT2D eigenvalue weighted by molar-refractivity contribution is 5.85. The molecule has 0 aliphatic carbocycles. The van der Waals surface area contributed by atoms with E-state index in [0.717, 1.165) is 0 Å². The molecule has 1 fully saturated rings. The molecule has 1 amide bonds. The van der Waals surface area contributed by atoms with Gasteiger partial charge in [0.05, 0.1) is 18.3 Å². The summed E-state index contributed by atoms with van der Waals surface area (Å²) in [5, 5.41) is 9.09. The van der Waals surface area contributed by atoms with Crippen molar-refractivity contribution in [3.63, 3.8) is 0 Å². The summed E-state index contributed by atoms with van der Waals surface area (Å²) in [5.41, 5.74) is -0.892. The second kappa shape index (κ2) is 4.84. The van der Waals surface area contributed by atoms with Crippen LogP contribution in [0.4, 0.5) is 0 Å². The van der Waals surface area contributed by atoms with Crippen LogP contribution >= 0.6 is 0 Å². The van der Waals surface area contributed by atoms with E-state index in [0.29, 0.717) is 19.5 Å². The van der Waals surface area contributed by atoms with E-state index in [1.54, 1.807) is 11.8 Å². The number of hydrogen-bond donors (Lipinski definition) is 0. The Hall–Kier alpha value is -1.08. The molecular formula is C12H20N2O2. The molecule has 4 heteroatoms. The lowest BCUT2D eigenvalue weighted by atomic mass is 9.87. The summed E-state index contributed by atoms with van der Waals surface area (Å²) in [4.78, 5) is 14.0. The summed E-state index contributed by atoms with van der Waals surface area (Å²) in [6.45, 7) is 8.65. The van der Waals surface area contributed by atoms with Gasteiger partial charge >= 0.3 is 0 Å². The number of ether oxygens (including phenoxy) is 1. The third kappa shape index (κ3) is 2.53. The van der Waals surface area contributed by atoms with Gasteiger partial charge in [0.2, 0.25) is 5.91 Å². The number of nitrogens with zero attached hydrogens (tertiary/aromatic N) is 2. The highest BCUT2D eigenvalue weighted by Crippen LogP contribution is 2.25. The maximum absolute atomic E-state index is 12.2. The van der Waals surface area contributed by atoms with Gasteiger partial charge in [-0.25, -0.2) is 0 Å². The van der Waals surface area contributed by atoms with Gasteiger partial charge in [-0.3, -0.25) is 4.79 Å². The minimum atomic E-state index is -0.892. The van der Waals surface area contributed by atoms with E-state index in [1.165, 1.54) is 0 Å². The second-order valence-corrected chi connectivity index (χ2v) is 4.76. The van der Waals surface area contributed by atoms with E-state index < -0.39 is 5.41 Å². The predicted molar refractivity (Wildman–Crippen MR) is 60.6 cm³/mol. The Bertz CT molecular complexity index is 301. The fourth-order valence-electron chi connectivity index (χ4n) is 1.97. The first-order valence-electron chi connectivity index (χ1n) is 5.79. The largest absolute Gasteiger partial charge is 0.372 e. The van der Waals surface area contributed by atoms with Crippen LogP contribution in [-0.4, -0.2) is 36.1 Å². The standard InChI is InChI=1S/C12H20N2O2/c1-5-12(4,8-13)11(15)14-6-9(2)16-10(3)7-14/h9-10H,5-7H2,1-4H3/t9-,10+,12?. The molecule has 1 aliphatic heterocycles. The van der Waals surface area contributed by atoms with Gasteiger partial charge in [-0.15, -0.1) is 0 Å². The summed E-state index contributed by atoms with van der Waals surface area (Å²) < 4.78 is 5.57. The summed E-state index contributed by atoms with van der Waals surface area (Å²) in [5.74, 6) is -0.0699. The van der Waals surface area contributed by atoms with E-state index in [2.05, 4.69) is 6.07 Å². The number of carbonyl (C=O) groups excluding carboxylic acids is 1. The molecule has 1 heterocycles. The van der Waals surface area contributed by atoms with E-state index in [4.69, 9.17) is 10.00 Å². The fourth-order valence-corrected chi connectivity index (χ4v) is 1.97. The Balaban J connectivity index is 2.78. The summed E-state index contributed by atoms with van der Waals surface area (Å²) in [7, 11) is 0.